The molecule has 2 heterocycles. The lowest BCUT2D eigenvalue weighted by molar-refractivity contribution is 1.31. The molecule has 2 N–H and O–H groups in total. The van der Waals surface area contributed by atoms with Crippen LogP contribution in [0.1, 0.15) is 4.88 Å². The Kier molecular flexibility index (Phi) is 4.60. The molecule has 5 nitrogen and oxygen atoms in total. The second kappa shape index (κ2) is 7.18. The zero-order chi connectivity index (χ0) is 17.1. The summed E-state index contributed by atoms with van der Waals surface area (Å²) < 4.78 is 1.12. The number of halogens is 1. The van der Waals surface area contributed by atoms with Crippen LogP contribution in [0.25, 0.3) is 10.2 Å². The fourth-order valence-electron chi connectivity index (χ4n) is 2.16. The molecule has 0 unspecified atom stereocenters. The Hall–Kier alpha value is -2.48. The Morgan fingerprint density at radius 2 is 1.72 bits per heavy atom. The summed E-state index contributed by atoms with van der Waals surface area (Å²) in [6.45, 7) is 0. The number of hydrogen-bond acceptors (Lipinski definition) is 7. The molecule has 0 radical (unpaired) electrons. The highest BCUT2D eigenvalue weighted by molar-refractivity contribution is 7.22. The molecule has 2 aromatic carbocycles. The van der Waals surface area contributed by atoms with E-state index < -0.39 is 0 Å². The molecule has 4 aromatic rings. The summed E-state index contributed by atoms with van der Waals surface area (Å²) in [4.78, 5) is 9.54. The number of nitrogens with one attached hydrogen (secondary N) is 2. The van der Waals surface area contributed by atoms with Gasteiger partial charge in [-0.2, -0.15) is 5.10 Å². The van der Waals surface area contributed by atoms with Gasteiger partial charge in [-0.1, -0.05) is 64.6 Å². The number of rotatable bonds is 5. The van der Waals surface area contributed by atoms with Crippen molar-refractivity contribution in [1.82, 2.24) is 9.97 Å². The van der Waals surface area contributed by atoms with Gasteiger partial charge in [0.25, 0.3) is 0 Å². The molecule has 0 aliphatic rings. The van der Waals surface area contributed by atoms with Crippen molar-refractivity contribution in [3.63, 3.8) is 0 Å². The van der Waals surface area contributed by atoms with Crippen molar-refractivity contribution in [3.8, 4) is 0 Å². The molecule has 2 aromatic heterocycles. The zero-order valence-corrected chi connectivity index (χ0v) is 15.2. The average molecular weight is 386 g/mol. The fraction of sp³-hybridized carbons (Fsp3) is 0. The van der Waals surface area contributed by atoms with Crippen molar-refractivity contribution in [1.29, 1.82) is 0 Å². The first-order valence-electron chi connectivity index (χ1n) is 7.41. The molecule has 0 saturated heterocycles. The van der Waals surface area contributed by atoms with Gasteiger partial charge in [0, 0.05) is 5.69 Å². The van der Waals surface area contributed by atoms with Crippen molar-refractivity contribution < 1.29 is 0 Å². The van der Waals surface area contributed by atoms with E-state index in [0.717, 1.165) is 31.0 Å². The Bertz CT molecular complexity index is 993. The van der Waals surface area contributed by atoms with Crippen LogP contribution in [0.3, 0.4) is 0 Å². The van der Waals surface area contributed by atoms with Crippen LogP contribution in [0, 0.1) is 0 Å². The lowest BCUT2D eigenvalue weighted by atomic mass is 10.3. The van der Waals surface area contributed by atoms with Crippen LogP contribution in [0.15, 0.2) is 59.7 Å². The van der Waals surface area contributed by atoms with Gasteiger partial charge in [-0.3, -0.25) is 5.43 Å². The third-order valence-corrected chi connectivity index (χ3v) is 5.52. The normalized spacial score (nSPS) is 11.2. The predicted octanol–water partition coefficient (Wildman–Crippen LogP) is 5.60. The third kappa shape index (κ3) is 3.79. The summed E-state index contributed by atoms with van der Waals surface area (Å²) in [6.07, 6.45) is 1.66. The van der Waals surface area contributed by atoms with Crippen molar-refractivity contribution in [2.75, 3.05) is 10.7 Å². The van der Waals surface area contributed by atoms with E-state index >= 15 is 0 Å². The van der Waals surface area contributed by atoms with E-state index in [0.29, 0.717) is 5.15 Å². The second-order valence-electron chi connectivity index (χ2n) is 5.02. The Morgan fingerprint density at radius 1 is 0.920 bits per heavy atom. The summed E-state index contributed by atoms with van der Waals surface area (Å²) in [7, 11) is 0. The average Bonchev–Trinajstić information content (AvgIpc) is 3.19. The highest BCUT2D eigenvalue weighted by Gasteiger charge is 2.08. The molecule has 0 bridgehead atoms. The molecule has 0 aliphatic carbocycles. The van der Waals surface area contributed by atoms with Crippen LogP contribution in [0.4, 0.5) is 16.0 Å². The smallest absolute Gasteiger partial charge is 0.204 e. The molecule has 0 aliphatic heterocycles. The van der Waals surface area contributed by atoms with E-state index in [4.69, 9.17) is 11.6 Å². The first-order chi connectivity index (χ1) is 12.3. The van der Waals surface area contributed by atoms with Gasteiger partial charge in [0.15, 0.2) is 10.3 Å². The number of hydrogen-bond donors (Lipinski definition) is 2. The minimum atomic E-state index is 0.415. The van der Waals surface area contributed by atoms with Crippen LogP contribution in [0.2, 0.25) is 5.15 Å². The zero-order valence-electron chi connectivity index (χ0n) is 12.8. The van der Waals surface area contributed by atoms with Crippen LogP contribution in [-0.2, 0) is 0 Å². The molecule has 0 atom stereocenters. The second-order valence-corrected chi connectivity index (χ2v) is 7.44. The topological polar surface area (TPSA) is 62.2 Å². The summed E-state index contributed by atoms with van der Waals surface area (Å²) in [5, 5.41) is 9.31. The molecule has 8 heteroatoms. The molecule has 0 saturated carbocycles. The lowest BCUT2D eigenvalue weighted by Gasteiger charge is -1.99. The Morgan fingerprint density at radius 3 is 2.56 bits per heavy atom. The third-order valence-electron chi connectivity index (χ3n) is 3.27. The summed E-state index contributed by atoms with van der Waals surface area (Å²) in [5.74, 6) is 0. The number of para-hydroxylation sites is 2. The van der Waals surface area contributed by atoms with E-state index in [1.807, 2.05) is 54.6 Å². The number of aromatic nitrogens is 2. The molecule has 0 spiro atoms. The van der Waals surface area contributed by atoms with E-state index in [1.54, 1.807) is 17.6 Å². The van der Waals surface area contributed by atoms with Gasteiger partial charge < -0.3 is 5.32 Å². The van der Waals surface area contributed by atoms with E-state index in [2.05, 4.69) is 25.8 Å². The van der Waals surface area contributed by atoms with E-state index in [-0.39, 0.29) is 0 Å². The van der Waals surface area contributed by atoms with E-state index in [9.17, 15) is 0 Å². The van der Waals surface area contributed by atoms with Gasteiger partial charge in [-0.05, 0) is 24.3 Å². The molecule has 4 rings (SSSR count). The largest absolute Gasteiger partial charge is 0.331 e. The maximum Gasteiger partial charge on any atom is 0.204 e. The minimum absolute atomic E-state index is 0.415. The summed E-state index contributed by atoms with van der Waals surface area (Å²) in [6, 6.07) is 17.8. The van der Waals surface area contributed by atoms with Gasteiger partial charge in [-0.15, -0.1) is 0 Å². The van der Waals surface area contributed by atoms with Crippen LogP contribution in [-0.4, -0.2) is 16.2 Å². The lowest BCUT2D eigenvalue weighted by Crippen LogP contribution is -1.88. The van der Waals surface area contributed by atoms with Crippen LogP contribution in [0.5, 0.6) is 0 Å². The summed E-state index contributed by atoms with van der Waals surface area (Å²) in [5.41, 5.74) is 4.86. The van der Waals surface area contributed by atoms with Gasteiger partial charge in [-0.25, -0.2) is 9.97 Å². The number of anilines is 3. The van der Waals surface area contributed by atoms with Gasteiger partial charge >= 0.3 is 0 Å². The molecule has 25 heavy (non-hydrogen) atoms. The maximum absolute atomic E-state index is 6.18. The number of thiazole rings is 2. The standard InChI is InChI=1S/C17H12ClN5S2/c18-15-14(25-16(22-15)20-11-6-2-1-3-7-11)10-19-23-17-21-12-8-4-5-9-13(12)24-17/h1-10H,(H,20,22)(H,21,23)/b19-10+. The van der Waals surface area contributed by atoms with Gasteiger partial charge in [0.05, 0.1) is 21.3 Å². The maximum atomic E-state index is 6.18. The molecule has 0 amide bonds. The quantitative estimate of drug-likeness (QED) is 0.347. The molecule has 124 valence electrons. The SMILES string of the molecule is Clc1nc(Nc2ccccc2)sc1/C=N/Nc1nc2ccccc2s1. The van der Waals surface area contributed by atoms with E-state index in [1.165, 1.54) is 11.3 Å². The van der Waals surface area contributed by atoms with Crippen LogP contribution < -0.4 is 10.7 Å². The highest BCUT2D eigenvalue weighted by Crippen LogP contribution is 2.28. The number of benzene rings is 2. The Balaban J connectivity index is 1.46. The highest BCUT2D eigenvalue weighted by atomic mass is 35.5. The molecular formula is C17H12ClN5S2. The van der Waals surface area contributed by atoms with Crippen molar-refractivity contribution in [2.24, 2.45) is 5.10 Å². The van der Waals surface area contributed by atoms with Crippen molar-refractivity contribution in [2.45, 2.75) is 0 Å². The first kappa shape index (κ1) is 16.0. The minimum Gasteiger partial charge on any atom is -0.331 e. The van der Waals surface area contributed by atoms with Gasteiger partial charge in [0.2, 0.25) is 5.13 Å². The molecular weight excluding hydrogens is 374 g/mol. The van der Waals surface area contributed by atoms with Crippen molar-refractivity contribution >= 4 is 66.7 Å². The fourth-order valence-corrected chi connectivity index (χ4v) is 4.02. The molecule has 0 fully saturated rings. The predicted molar refractivity (Wildman–Crippen MR) is 108 cm³/mol. The summed E-state index contributed by atoms with van der Waals surface area (Å²) >= 11 is 9.17. The number of fused-ring (bicyclic) bond motifs is 1. The van der Waals surface area contributed by atoms with Crippen LogP contribution >= 0.6 is 34.3 Å². The number of hydrazone groups is 1. The monoisotopic (exact) mass is 385 g/mol. The number of nitrogens with zero attached hydrogens (tertiary/aromatic N) is 3. The van der Waals surface area contributed by atoms with Crippen molar-refractivity contribution in [3.05, 3.63) is 64.6 Å². The first-order valence-corrected chi connectivity index (χ1v) is 9.42. The van der Waals surface area contributed by atoms with Gasteiger partial charge in [0.1, 0.15) is 0 Å². The Labute approximate surface area is 157 Å².